The smallest absolute Gasteiger partial charge is 0.222 e. The topological polar surface area (TPSA) is 538 Å². The lowest BCUT2D eigenvalue weighted by molar-refractivity contribution is -0.282. The molecule has 3 heterocycles. The number of nitrogens with one attached hydrogen (secondary N) is 10. The fourth-order valence-electron chi connectivity index (χ4n) is 10.5. The van der Waals surface area contributed by atoms with Crippen LogP contribution in [-0.2, 0) is 81.1 Å². The molecule has 0 aromatic rings. The molecule has 10 amide bonds. The second kappa shape index (κ2) is 46.4. The van der Waals surface area contributed by atoms with Crippen LogP contribution in [0, 0.1) is 5.92 Å². The molecule has 0 saturated carbocycles. The zero-order valence-corrected chi connectivity index (χ0v) is 55.3. The number of methoxy groups -OCH3 is 1. The second-order valence-corrected chi connectivity index (χ2v) is 23.8. The molecule has 19 N–H and O–H groups in total. The van der Waals surface area contributed by atoms with Gasteiger partial charge in [0, 0.05) is 117 Å². The predicted molar refractivity (Wildman–Crippen MR) is 333 cm³/mol. The Bertz CT molecular complexity index is 2290. The molecule has 0 radical (unpaired) electrons. The Morgan fingerprint density at radius 3 is 1.02 bits per heavy atom. The number of aliphatic hydroxyl groups is 9. The van der Waals surface area contributed by atoms with Gasteiger partial charge in [-0.3, -0.25) is 47.9 Å². The summed E-state index contributed by atoms with van der Waals surface area (Å²) < 4.78 is 38.4. The molecule has 3 aliphatic rings. The van der Waals surface area contributed by atoms with Gasteiger partial charge in [-0.25, -0.2) is 0 Å². The van der Waals surface area contributed by atoms with Crippen molar-refractivity contribution < 1.29 is 127 Å². The van der Waals surface area contributed by atoms with Gasteiger partial charge in [0.15, 0.2) is 18.9 Å². The second-order valence-electron chi connectivity index (χ2n) is 23.8. The van der Waals surface area contributed by atoms with Gasteiger partial charge in [0.05, 0.1) is 65.0 Å². The first-order chi connectivity index (χ1) is 45.8. The van der Waals surface area contributed by atoms with E-state index in [2.05, 4.69) is 53.2 Å². The highest BCUT2D eigenvalue weighted by Crippen LogP contribution is 2.29. The molecular weight excluding hydrogens is 1280 g/mol. The summed E-state index contributed by atoms with van der Waals surface area (Å²) in [6.45, 7) is 2.96. The molecule has 0 aliphatic carbocycles. The van der Waals surface area contributed by atoms with Crippen molar-refractivity contribution in [2.45, 2.75) is 215 Å². The van der Waals surface area contributed by atoms with Gasteiger partial charge in [0.2, 0.25) is 59.1 Å². The molecule has 96 heavy (non-hydrogen) atoms. The van der Waals surface area contributed by atoms with Crippen LogP contribution in [0.5, 0.6) is 0 Å². The number of hydrogen-bond acceptors (Lipinski definition) is 26. The van der Waals surface area contributed by atoms with Gasteiger partial charge in [-0.05, 0) is 51.4 Å². The van der Waals surface area contributed by atoms with Crippen LogP contribution in [0.3, 0.4) is 0 Å². The summed E-state index contributed by atoms with van der Waals surface area (Å²) in [5.74, 6) is -5.27. The molecule has 36 heteroatoms. The van der Waals surface area contributed by atoms with Gasteiger partial charge >= 0.3 is 0 Å². The number of aliphatic hydroxyl groups excluding tert-OH is 9. The lowest BCUT2D eigenvalue weighted by atomic mass is 9.82. The Labute approximate surface area is 557 Å². The molecule has 3 rings (SSSR count). The Morgan fingerprint density at radius 1 is 0.375 bits per heavy atom. The fraction of sp³-hybridized carbons (Fsp3) is 0.833. The number of amides is 10. The first kappa shape index (κ1) is 84.3. The number of carbonyl (C=O) groups excluding carboxylic acids is 10. The van der Waals surface area contributed by atoms with Crippen molar-refractivity contribution in [3.63, 3.8) is 0 Å². The molecule has 15 atom stereocenters. The maximum Gasteiger partial charge on any atom is 0.222 e. The van der Waals surface area contributed by atoms with E-state index in [-0.39, 0.29) is 161 Å². The van der Waals surface area contributed by atoms with E-state index in [1.54, 1.807) is 6.92 Å². The first-order valence-electron chi connectivity index (χ1n) is 32.7. The third-order valence-electron chi connectivity index (χ3n) is 16.1. The van der Waals surface area contributed by atoms with Gasteiger partial charge in [-0.15, -0.1) is 0 Å². The molecule has 3 saturated heterocycles. The van der Waals surface area contributed by atoms with Crippen molar-refractivity contribution >= 4 is 59.1 Å². The Kier molecular flexibility index (Phi) is 40.7. The minimum absolute atomic E-state index is 0.00530. The Balaban J connectivity index is 1.64. The largest absolute Gasteiger partial charge is 0.394 e. The third kappa shape index (κ3) is 31.7. The number of carbonyl (C=O) groups is 10. The molecule has 0 bridgehead atoms. The molecule has 0 aromatic heterocycles. The molecule has 3 aliphatic heterocycles. The van der Waals surface area contributed by atoms with Crippen molar-refractivity contribution in [3.8, 4) is 0 Å². The number of hydrogen-bond donors (Lipinski definition) is 19. The first-order valence-corrected chi connectivity index (χ1v) is 32.7. The van der Waals surface area contributed by atoms with Crippen LogP contribution in [0.4, 0.5) is 0 Å². The van der Waals surface area contributed by atoms with Gasteiger partial charge < -0.3 is 132 Å². The Morgan fingerprint density at radius 2 is 0.677 bits per heavy atom. The normalized spacial score (nSPS) is 26.2. The van der Waals surface area contributed by atoms with E-state index in [1.165, 1.54) is 21.0 Å². The van der Waals surface area contributed by atoms with Gasteiger partial charge in [-0.1, -0.05) is 6.92 Å². The zero-order valence-electron chi connectivity index (χ0n) is 55.3. The lowest BCUT2D eigenvalue weighted by Gasteiger charge is -2.42. The summed E-state index contributed by atoms with van der Waals surface area (Å²) >= 11 is 0. The van der Waals surface area contributed by atoms with Crippen molar-refractivity contribution in [1.29, 1.82) is 0 Å². The van der Waals surface area contributed by atoms with Crippen molar-refractivity contribution in [2.24, 2.45) is 5.92 Å². The molecular formula is C60H106N10O26. The summed E-state index contributed by atoms with van der Waals surface area (Å²) in [6.07, 6.45) is -15.7. The highest BCUT2D eigenvalue weighted by Gasteiger charge is 2.47. The van der Waals surface area contributed by atoms with E-state index >= 15 is 0 Å². The maximum absolute atomic E-state index is 13.9. The minimum atomic E-state index is -1.54. The van der Waals surface area contributed by atoms with E-state index in [0.717, 1.165) is 0 Å². The average Bonchev–Trinajstić information content (AvgIpc) is 0.826. The van der Waals surface area contributed by atoms with Gasteiger partial charge in [-0.2, -0.15) is 0 Å². The van der Waals surface area contributed by atoms with Crippen molar-refractivity contribution in [3.05, 3.63) is 0 Å². The van der Waals surface area contributed by atoms with Crippen molar-refractivity contribution in [1.82, 2.24) is 53.2 Å². The maximum atomic E-state index is 13.9. The van der Waals surface area contributed by atoms with Crippen LogP contribution in [-0.4, -0.2) is 296 Å². The third-order valence-corrected chi connectivity index (χ3v) is 16.1. The summed E-state index contributed by atoms with van der Waals surface area (Å²) in [5.41, 5.74) is -1.37. The number of rotatable bonds is 47. The van der Waals surface area contributed by atoms with Crippen LogP contribution in [0.1, 0.15) is 124 Å². The average molecular weight is 1380 g/mol. The quantitative estimate of drug-likeness (QED) is 0.0252. The molecule has 6 unspecified atom stereocenters. The van der Waals surface area contributed by atoms with Crippen LogP contribution >= 0.6 is 0 Å². The minimum Gasteiger partial charge on any atom is -0.394 e. The number of ether oxygens (including phenoxy) is 7. The van der Waals surface area contributed by atoms with Crippen LogP contribution in [0.25, 0.3) is 0 Å². The fourth-order valence-corrected chi connectivity index (χ4v) is 10.5. The summed E-state index contributed by atoms with van der Waals surface area (Å²) in [5, 5.41) is 118. The monoisotopic (exact) mass is 1380 g/mol. The van der Waals surface area contributed by atoms with Crippen LogP contribution in [0.2, 0.25) is 0 Å². The molecule has 3 fully saturated rings. The predicted octanol–water partition coefficient (Wildman–Crippen LogP) is -7.44. The summed E-state index contributed by atoms with van der Waals surface area (Å²) in [6, 6.07) is -2.40. The van der Waals surface area contributed by atoms with E-state index in [4.69, 9.17) is 33.2 Å². The SMILES string of the molecule is COCCCNC(=O)CCCC(=O)NC(CCC(=O)NCCCNC(=O)CCO[C@@H]1OC(CO)[C@H](O)[C@H](O)C1C)(CCC(=O)NCCCNC(=O)CCO[C@@H]1OC(CO)[C@H](O)[C@H](O)C1NC(C)=O)CCC(=O)NCCCNC(=O)CCO[C@@H]1OC(CO)[C@H](O)[C@H](O)C1NC(C)=O. The molecule has 36 nitrogen and oxygen atoms in total. The molecule has 0 aromatic carbocycles. The molecule has 0 spiro atoms. The zero-order chi connectivity index (χ0) is 71.2. The standard InChI is InChI=1S/C60H106N10O26/c1-35-51(84)52(85)38(32-71)94-57(35)91-29-15-45(80)64-24-6-21-61-42(77)12-18-60(70-48(83)11-5-10-41(76)67-27-9-28-90-4,19-13-43(78)62-22-7-25-65-46(81)16-30-92-58-49(68-36(2)74)55(88)53(86)39(33-72)95-58)20-14-44(79)63-23-8-26-66-47(82)17-31-93-59-50(69-37(3)75)56(89)54(87)40(34-73)96-59/h35,38-40,49-59,71-73,84-89H,5-34H2,1-4H3,(H,61,77)(H,62,78)(H,63,79)(H,64,80)(H,65,81)(H,66,82)(H,67,76)(H,68,74)(H,69,75)(H,70,83)/t35?,38?,39?,40?,49?,50?,51-,52+,53+,54+,55-,56-,57-,58-,59-,60?/m1/s1. The van der Waals surface area contributed by atoms with Crippen molar-refractivity contribution in [2.75, 3.05) is 99.2 Å². The van der Waals surface area contributed by atoms with E-state index in [0.29, 0.717) is 26.0 Å². The van der Waals surface area contributed by atoms with Crippen LogP contribution in [0.15, 0.2) is 0 Å². The molecule has 552 valence electrons. The lowest BCUT2D eigenvalue weighted by Crippen LogP contribution is -2.64. The van der Waals surface area contributed by atoms with E-state index in [9.17, 15) is 93.9 Å². The summed E-state index contributed by atoms with van der Waals surface area (Å²) in [7, 11) is 1.53. The van der Waals surface area contributed by atoms with Gasteiger partial charge in [0.25, 0.3) is 0 Å². The van der Waals surface area contributed by atoms with Crippen LogP contribution < -0.4 is 53.2 Å². The Hall–Kier alpha value is -5.94. The summed E-state index contributed by atoms with van der Waals surface area (Å²) in [4.78, 5) is 129. The highest BCUT2D eigenvalue weighted by molar-refractivity contribution is 5.81. The van der Waals surface area contributed by atoms with E-state index < -0.39 is 164 Å². The van der Waals surface area contributed by atoms with Gasteiger partial charge in [0.1, 0.15) is 60.9 Å². The highest BCUT2D eigenvalue weighted by atomic mass is 16.7. The van der Waals surface area contributed by atoms with E-state index in [1.807, 2.05) is 0 Å².